The number of rotatable bonds is 9. The fourth-order valence-electron chi connectivity index (χ4n) is 4.79. The molecule has 0 bridgehead atoms. The van der Waals surface area contributed by atoms with Gasteiger partial charge >= 0.3 is 5.97 Å². The molecule has 0 fully saturated rings. The molecule has 0 aliphatic rings. The van der Waals surface area contributed by atoms with E-state index >= 15 is 4.57 Å². The average Bonchev–Trinajstić information content (AvgIpc) is 3.34. The van der Waals surface area contributed by atoms with Crippen molar-refractivity contribution in [3.05, 3.63) is 114 Å². The van der Waals surface area contributed by atoms with Gasteiger partial charge in [0.05, 0.1) is 28.9 Å². The third kappa shape index (κ3) is 5.24. The Kier molecular flexibility index (Phi) is 8.20. The molecule has 7 nitrogen and oxygen atoms in total. The second kappa shape index (κ2) is 11.7. The van der Waals surface area contributed by atoms with E-state index < -0.39 is 29.1 Å². The van der Waals surface area contributed by atoms with E-state index in [2.05, 4.69) is 0 Å². The summed E-state index contributed by atoms with van der Waals surface area (Å²) in [6.07, 6.45) is 0. The zero-order chi connectivity index (χ0) is 29.2. The highest BCUT2D eigenvalue weighted by atomic mass is 35.5. The van der Waals surface area contributed by atoms with E-state index in [1.54, 1.807) is 50.2 Å². The number of carbonyl (C=O) groups excluding carboxylic acids is 1. The zero-order valence-electron chi connectivity index (χ0n) is 22.4. The highest BCUT2D eigenvalue weighted by Gasteiger charge is 2.42. The van der Waals surface area contributed by atoms with Gasteiger partial charge in [-0.25, -0.2) is 17.2 Å². The predicted octanol–water partition coefficient (Wildman–Crippen LogP) is 6.64. The van der Waals surface area contributed by atoms with Crippen LogP contribution in [-0.2, 0) is 23.8 Å². The van der Waals surface area contributed by atoms with Crippen LogP contribution in [0.3, 0.4) is 0 Å². The number of benzene rings is 4. The maximum absolute atomic E-state index is 15.3. The number of aromatic nitrogens is 1. The normalized spacial score (nSPS) is 13.1. The van der Waals surface area contributed by atoms with Crippen molar-refractivity contribution in [2.45, 2.75) is 18.7 Å². The van der Waals surface area contributed by atoms with Gasteiger partial charge in [-0.1, -0.05) is 72.3 Å². The molecule has 4 aromatic carbocycles. The monoisotopic (exact) mass is 607 g/mol. The van der Waals surface area contributed by atoms with Gasteiger partial charge in [0.2, 0.25) is 0 Å². The Bertz CT molecular complexity index is 1890. The molecule has 0 saturated heterocycles. The Hall–Kier alpha value is -3.68. The molecule has 0 amide bonds. The summed E-state index contributed by atoms with van der Waals surface area (Å²) in [5.41, 5.74) is 1.39. The first-order chi connectivity index (χ1) is 19.7. The van der Waals surface area contributed by atoms with Crippen molar-refractivity contribution >= 4 is 56.5 Å². The molecule has 5 aromatic rings. The predicted molar refractivity (Wildman–Crippen MR) is 162 cm³/mol. The summed E-state index contributed by atoms with van der Waals surface area (Å²) >= 11 is 6.40. The summed E-state index contributed by atoms with van der Waals surface area (Å²) in [7, 11) is -8.50. The first kappa shape index (κ1) is 28.8. The highest BCUT2D eigenvalue weighted by molar-refractivity contribution is 7.90. The van der Waals surface area contributed by atoms with Crippen LogP contribution in [0.15, 0.2) is 108 Å². The molecule has 0 radical (unpaired) electrons. The molecule has 5 rings (SSSR count). The van der Waals surface area contributed by atoms with Crippen LogP contribution in [0.4, 0.5) is 0 Å². The first-order valence-corrected chi connectivity index (χ1v) is 16.4. The van der Waals surface area contributed by atoms with Crippen molar-refractivity contribution in [1.29, 1.82) is 0 Å². The fourth-order valence-corrected chi connectivity index (χ4v) is 9.03. The number of hydrogen-bond donors (Lipinski definition) is 0. The molecular weight excluding hydrogens is 581 g/mol. The second-order valence-electron chi connectivity index (χ2n) is 9.05. The Morgan fingerprint density at radius 2 is 1.49 bits per heavy atom. The first-order valence-electron chi connectivity index (χ1n) is 12.9. The van der Waals surface area contributed by atoms with Crippen molar-refractivity contribution in [3.63, 3.8) is 0 Å². The van der Waals surface area contributed by atoms with E-state index in [0.29, 0.717) is 5.30 Å². The average molecular weight is 608 g/mol. The smallest absolute Gasteiger partial charge is 0.356 e. The molecule has 0 saturated carbocycles. The van der Waals surface area contributed by atoms with E-state index in [9.17, 15) is 13.2 Å². The van der Waals surface area contributed by atoms with Gasteiger partial charge in [-0.2, -0.15) is 0 Å². The Morgan fingerprint density at radius 1 is 0.829 bits per heavy atom. The van der Waals surface area contributed by atoms with Crippen LogP contribution in [0.2, 0.25) is 5.02 Å². The number of fused-ring (bicyclic) bond motifs is 1. The minimum absolute atomic E-state index is 0.0216. The molecule has 0 aliphatic heterocycles. The van der Waals surface area contributed by atoms with Crippen molar-refractivity contribution in [2.75, 3.05) is 13.2 Å². The number of esters is 1. The fraction of sp³-hybridized carbons (Fsp3) is 0.129. The zero-order valence-corrected chi connectivity index (χ0v) is 24.8. The van der Waals surface area contributed by atoms with Crippen LogP contribution in [0.25, 0.3) is 22.0 Å². The van der Waals surface area contributed by atoms with Crippen molar-refractivity contribution in [3.8, 4) is 11.1 Å². The van der Waals surface area contributed by atoms with Gasteiger partial charge < -0.3 is 9.26 Å². The van der Waals surface area contributed by atoms with Crippen molar-refractivity contribution < 1.29 is 27.0 Å². The summed E-state index contributed by atoms with van der Waals surface area (Å²) in [4.78, 5) is 13.6. The van der Waals surface area contributed by atoms with Gasteiger partial charge in [-0.3, -0.25) is 4.57 Å². The summed E-state index contributed by atoms with van der Waals surface area (Å²) in [6, 6.07) is 28.8. The van der Waals surface area contributed by atoms with E-state index in [0.717, 1.165) is 15.1 Å². The van der Waals surface area contributed by atoms with Crippen molar-refractivity contribution in [2.24, 2.45) is 0 Å². The molecule has 41 heavy (non-hydrogen) atoms. The van der Waals surface area contributed by atoms with Crippen LogP contribution < -0.4 is 10.6 Å². The van der Waals surface area contributed by atoms with Gasteiger partial charge in [0.15, 0.2) is 5.69 Å². The van der Waals surface area contributed by atoms with E-state index in [-0.39, 0.29) is 39.3 Å². The third-order valence-electron chi connectivity index (χ3n) is 6.51. The van der Waals surface area contributed by atoms with Gasteiger partial charge in [-0.05, 0) is 67.4 Å². The molecule has 1 aromatic heterocycles. The van der Waals surface area contributed by atoms with Gasteiger partial charge in [-0.15, -0.1) is 0 Å². The molecule has 0 aliphatic carbocycles. The summed E-state index contributed by atoms with van der Waals surface area (Å²) in [5.74, 6) is -0.950. The summed E-state index contributed by atoms with van der Waals surface area (Å²) in [5, 5.41) is 0.689. The third-order valence-corrected chi connectivity index (χ3v) is 11.1. The maximum atomic E-state index is 15.3. The molecule has 1 heterocycles. The van der Waals surface area contributed by atoms with Crippen LogP contribution in [0.5, 0.6) is 0 Å². The van der Waals surface area contributed by atoms with Crippen LogP contribution >= 0.6 is 19.0 Å². The Labute approximate surface area is 243 Å². The number of nitrogens with zero attached hydrogens (tertiary/aromatic N) is 1. The molecule has 1 atom stereocenters. The second-order valence-corrected chi connectivity index (χ2v) is 13.6. The van der Waals surface area contributed by atoms with E-state index in [1.165, 1.54) is 30.3 Å². The summed E-state index contributed by atoms with van der Waals surface area (Å²) in [6.45, 7) is 3.28. The maximum Gasteiger partial charge on any atom is 0.356 e. The lowest BCUT2D eigenvalue weighted by Gasteiger charge is -2.21. The minimum Gasteiger partial charge on any atom is -0.461 e. The summed E-state index contributed by atoms with van der Waals surface area (Å²) < 4.78 is 55.8. The van der Waals surface area contributed by atoms with E-state index in [4.69, 9.17) is 20.9 Å². The molecule has 210 valence electrons. The number of hydrogen-bond acceptors (Lipinski definition) is 6. The Balaban J connectivity index is 1.91. The molecule has 1 unspecified atom stereocenters. The molecular formula is C31H27ClNO6PS. The lowest BCUT2D eigenvalue weighted by Crippen LogP contribution is -2.28. The minimum atomic E-state index is -4.36. The number of ether oxygens (including phenoxy) is 1. The van der Waals surface area contributed by atoms with Crippen LogP contribution in [0, 0.1) is 0 Å². The number of halogens is 1. The molecule has 0 spiro atoms. The lowest BCUT2D eigenvalue weighted by atomic mass is 10.1. The van der Waals surface area contributed by atoms with Crippen LogP contribution in [-0.4, -0.2) is 31.6 Å². The molecule has 10 heteroatoms. The number of carbonyl (C=O) groups is 1. The highest BCUT2D eigenvalue weighted by Crippen LogP contribution is 2.49. The van der Waals surface area contributed by atoms with Gasteiger partial charge in [0.1, 0.15) is 0 Å². The van der Waals surface area contributed by atoms with Gasteiger partial charge in [0, 0.05) is 15.7 Å². The van der Waals surface area contributed by atoms with Crippen molar-refractivity contribution in [1.82, 2.24) is 3.97 Å². The lowest BCUT2D eigenvalue weighted by molar-refractivity contribution is 0.0520. The quantitative estimate of drug-likeness (QED) is 0.138. The molecule has 0 N–H and O–H groups in total. The largest absolute Gasteiger partial charge is 0.461 e. The van der Waals surface area contributed by atoms with Gasteiger partial charge in [0.25, 0.3) is 17.4 Å². The topological polar surface area (TPSA) is 91.7 Å². The van der Waals surface area contributed by atoms with E-state index in [1.807, 2.05) is 36.4 Å². The Morgan fingerprint density at radius 3 is 2.15 bits per heavy atom. The SMILES string of the molecule is CCOC(=O)c1c(P(=O)(OCC)c2cccc(-c3ccccc3)c2)c2cc(Cl)ccc2n1S(=O)(=O)c1ccccc1. The standard InChI is InChI=1S/C31H27ClNO6PS/c1-3-38-31(34)29-30(40(35,39-4-2)25-15-11-14-23(20-25)22-12-7-5-8-13-22)27-21-24(32)18-19-28(27)33(29)41(36,37)26-16-9-6-10-17-26/h5-21H,3-4H2,1-2H3. The van der Waals surface area contributed by atoms with Crippen LogP contribution in [0.1, 0.15) is 24.3 Å².